The zero-order valence-corrected chi connectivity index (χ0v) is 9.63. The van der Waals surface area contributed by atoms with Gasteiger partial charge in [-0.2, -0.15) is 5.10 Å². The van der Waals surface area contributed by atoms with E-state index >= 15 is 0 Å². The molecule has 2 fully saturated rings. The summed E-state index contributed by atoms with van der Waals surface area (Å²) in [4.78, 5) is 2.66. The van der Waals surface area contributed by atoms with Gasteiger partial charge in [0.2, 0.25) is 0 Å². The largest absolute Gasteiger partial charge is 0.328 e. The van der Waals surface area contributed by atoms with Crippen molar-refractivity contribution in [1.29, 1.82) is 0 Å². The molecule has 3 heterocycles. The molecule has 0 saturated carbocycles. The van der Waals surface area contributed by atoms with Crippen LogP contribution in [-0.2, 0) is 6.54 Å². The monoisotopic (exact) mass is 220 g/mol. The molecule has 0 aliphatic carbocycles. The highest BCUT2D eigenvalue weighted by Gasteiger charge is 2.38. The third-order valence-electron chi connectivity index (χ3n) is 4.07. The summed E-state index contributed by atoms with van der Waals surface area (Å²) in [6, 6.07) is 3.91. The van der Waals surface area contributed by atoms with Crippen LogP contribution in [0.1, 0.15) is 25.7 Å². The lowest BCUT2D eigenvalue weighted by molar-refractivity contribution is 0.121. The Kier molecular flexibility index (Phi) is 2.69. The molecule has 2 bridgehead atoms. The van der Waals surface area contributed by atoms with Gasteiger partial charge in [0, 0.05) is 37.1 Å². The number of fused-ring (bicyclic) bond motifs is 2. The minimum atomic E-state index is 0.443. The van der Waals surface area contributed by atoms with Crippen LogP contribution in [0.25, 0.3) is 0 Å². The first kappa shape index (κ1) is 10.3. The van der Waals surface area contributed by atoms with Crippen molar-refractivity contribution in [2.45, 2.75) is 50.4 Å². The Labute approximate surface area is 96.4 Å². The van der Waals surface area contributed by atoms with Gasteiger partial charge in [0.15, 0.2) is 0 Å². The van der Waals surface area contributed by atoms with E-state index in [0.29, 0.717) is 6.04 Å². The van der Waals surface area contributed by atoms with Crippen molar-refractivity contribution < 1.29 is 0 Å². The molecule has 2 unspecified atom stereocenters. The summed E-state index contributed by atoms with van der Waals surface area (Å²) < 4.78 is 2.02. The summed E-state index contributed by atoms with van der Waals surface area (Å²) in [5, 5.41) is 4.25. The number of hydrogen-bond acceptors (Lipinski definition) is 3. The third-order valence-corrected chi connectivity index (χ3v) is 4.07. The maximum absolute atomic E-state index is 6.06. The van der Waals surface area contributed by atoms with E-state index in [-0.39, 0.29) is 0 Å². The van der Waals surface area contributed by atoms with Crippen LogP contribution in [0.2, 0.25) is 0 Å². The average Bonchev–Trinajstić information content (AvgIpc) is 2.83. The van der Waals surface area contributed by atoms with Gasteiger partial charge in [-0.25, -0.2) is 0 Å². The van der Waals surface area contributed by atoms with E-state index in [4.69, 9.17) is 5.73 Å². The fraction of sp³-hybridized carbons (Fsp3) is 0.750. The quantitative estimate of drug-likeness (QED) is 0.821. The molecule has 88 valence electrons. The summed E-state index contributed by atoms with van der Waals surface area (Å²) >= 11 is 0. The van der Waals surface area contributed by atoms with Crippen LogP contribution in [0, 0.1) is 0 Å². The Morgan fingerprint density at radius 3 is 2.56 bits per heavy atom. The van der Waals surface area contributed by atoms with E-state index in [1.807, 2.05) is 23.1 Å². The van der Waals surface area contributed by atoms with Crippen molar-refractivity contribution in [2.75, 3.05) is 6.54 Å². The van der Waals surface area contributed by atoms with E-state index < -0.39 is 0 Å². The van der Waals surface area contributed by atoms with Crippen molar-refractivity contribution in [1.82, 2.24) is 14.7 Å². The van der Waals surface area contributed by atoms with E-state index in [2.05, 4.69) is 10.00 Å². The minimum Gasteiger partial charge on any atom is -0.328 e. The molecule has 1 aromatic heterocycles. The smallest absolute Gasteiger partial charge is 0.0536 e. The summed E-state index contributed by atoms with van der Waals surface area (Å²) in [6.07, 6.45) is 8.96. The standard InChI is InChI=1S/C12H20N4/c13-10-8-11-2-3-12(9-10)16(11)7-6-15-5-1-4-14-15/h1,4-5,10-12H,2-3,6-9,13H2. The molecule has 3 rings (SSSR count). The maximum Gasteiger partial charge on any atom is 0.0536 e. The van der Waals surface area contributed by atoms with Crippen molar-refractivity contribution in [2.24, 2.45) is 5.73 Å². The predicted molar refractivity (Wildman–Crippen MR) is 63.0 cm³/mol. The fourth-order valence-electron chi connectivity index (χ4n) is 3.33. The molecule has 2 aliphatic heterocycles. The first-order valence-electron chi connectivity index (χ1n) is 6.31. The SMILES string of the molecule is NC1CC2CCC(C1)N2CCn1cccn1. The number of nitrogens with zero attached hydrogens (tertiary/aromatic N) is 3. The van der Waals surface area contributed by atoms with Crippen molar-refractivity contribution in [3.05, 3.63) is 18.5 Å². The number of nitrogens with two attached hydrogens (primary N) is 1. The van der Waals surface area contributed by atoms with Gasteiger partial charge in [0.05, 0.1) is 6.54 Å². The number of aromatic nitrogens is 2. The van der Waals surface area contributed by atoms with Crippen LogP contribution in [0.15, 0.2) is 18.5 Å². The number of rotatable bonds is 3. The Balaban J connectivity index is 1.59. The van der Waals surface area contributed by atoms with Gasteiger partial charge in [-0.05, 0) is 31.7 Å². The first-order valence-corrected chi connectivity index (χ1v) is 6.31. The summed E-state index contributed by atoms with van der Waals surface area (Å²) in [5.74, 6) is 0. The second kappa shape index (κ2) is 4.18. The fourth-order valence-corrected chi connectivity index (χ4v) is 3.33. The Hall–Kier alpha value is -0.870. The zero-order valence-electron chi connectivity index (χ0n) is 9.63. The van der Waals surface area contributed by atoms with Gasteiger partial charge in [-0.1, -0.05) is 0 Å². The predicted octanol–water partition coefficient (Wildman–Crippen LogP) is 0.837. The van der Waals surface area contributed by atoms with E-state index in [1.54, 1.807) is 0 Å². The third kappa shape index (κ3) is 1.87. The van der Waals surface area contributed by atoms with E-state index in [1.165, 1.54) is 25.7 Å². The summed E-state index contributed by atoms with van der Waals surface area (Å²) in [5.41, 5.74) is 6.06. The lowest BCUT2D eigenvalue weighted by Gasteiger charge is -2.37. The molecule has 0 amide bonds. The van der Waals surface area contributed by atoms with E-state index in [9.17, 15) is 0 Å². The van der Waals surface area contributed by atoms with Crippen LogP contribution in [0.4, 0.5) is 0 Å². The minimum absolute atomic E-state index is 0.443. The van der Waals surface area contributed by atoms with Gasteiger partial charge < -0.3 is 5.73 Å². The molecular formula is C12H20N4. The molecule has 4 nitrogen and oxygen atoms in total. The molecule has 2 aliphatic rings. The summed E-state index contributed by atoms with van der Waals surface area (Å²) in [7, 11) is 0. The molecule has 1 aromatic rings. The van der Waals surface area contributed by atoms with Gasteiger partial charge in [-0.3, -0.25) is 9.58 Å². The molecule has 0 aromatic carbocycles. The first-order chi connectivity index (χ1) is 7.83. The second-order valence-electron chi connectivity index (χ2n) is 5.12. The van der Waals surface area contributed by atoms with Crippen LogP contribution in [-0.4, -0.2) is 39.4 Å². The van der Waals surface area contributed by atoms with Crippen LogP contribution >= 0.6 is 0 Å². The Bertz CT molecular complexity index is 321. The van der Waals surface area contributed by atoms with Crippen molar-refractivity contribution in [3.63, 3.8) is 0 Å². The molecular weight excluding hydrogens is 200 g/mol. The maximum atomic E-state index is 6.06. The molecule has 2 atom stereocenters. The Morgan fingerprint density at radius 2 is 1.94 bits per heavy atom. The zero-order chi connectivity index (χ0) is 11.0. The highest BCUT2D eigenvalue weighted by atomic mass is 15.3. The molecule has 16 heavy (non-hydrogen) atoms. The van der Waals surface area contributed by atoms with Gasteiger partial charge in [0.1, 0.15) is 0 Å². The van der Waals surface area contributed by atoms with Crippen LogP contribution < -0.4 is 5.73 Å². The second-order valence-corrected chi connectivity index (χ2v) is 5.12. The average molecular weight is 220 g/mol. The lowest BCUT2D eigenvalue weighted by Crippen LogP contribution is -2.48. The number of piperidine rings is 1. The van der Waals surface area contributed by atoms with Crippen molar-refractivity contribution in [3.8, 4) is 0 Å². The topological polar surface area (TPSA) is 47.1 Å². The van der Waals surface area contributed by atoms with Gasteiger partial charge in [0.25, 0.3) is 0 Å². The van der Waals surface area contributed by atoms with E-state index in [0.717, 1.165) is 25.2 Å². The Morgan fingerprint density at radius 1 is 1.19 bits per heavy atom. The lowest BCUT2D eigenvalue weighted by atomic mass is 9.98. The number of hydrogen-bond donors (Lipinski definition) is 1. The van der Waals surface area contributed by atoms with Crippen LogP contribution in [0.3, 0.4) is 0 Å². The molecule has 2 saturated heterocycles. The molecule has 4 heteroatoms. The van der Waals surface area contributed by atoms with Crippen LogP contribution in [0.5, 0.6) is 0 Å². The molecule has 2 N–H and O–H groups in total. The highest BCUT2D eigenvalue weighted by molar-refractivity contribution is 4.96. The van der Waals surface area contributed by atoms with Gasteiger partial charge in [-0.15, -0.1) is 0 Å². The summed E-state index contributed by atoms with van der Waals surface area (Å²) in [6.45, 7) is 2.14. The van der Waals surface area contributed by atoms with Gasteiger partial charge >= 0.3 is 0 Å². The molecule has 0 radical (unpaired) electrons. The van der Waals surface area contributed by atoms with Crippen molar-refractivity contribution >= 4 is 0 Å². The normalized spacial score (nSPS) is 34.4. The molecule has 0 spiro atoms. The highest BCUT2D eigenvalue weighted by Crippen LogP contribution is 2.34.